The summed E-state index contributed by atoms with van der Waals surface area (Å²) in [7, 11) is 15.3. The normalized spacial score (nSPS) is 16.5. The van der Waals surface area contributed by atoms with Crippen molar-refractivity contribution in [2.45, 2.75) is 61.0 Å². The number of alkyl halides is 1. The van der Waals surface area contributed by atoms with Gasteiger partial charge in [0.1, 0.15) is 36.6 Å². The number of rotatable bonds is 29. The Morgan fingerprint density at radius 3 is 0.660 bits per heavy atom. The predicted molar refractivity (Wildman–Crippen MR) is 574 cm³/mol. The number of carbonyl (C=O) groups is 11. The number of aromatic carboxylic acids is 1. The lowest BCUT2D eigenvalue weighted by Crippen LogP contribution is -2.36. The number of halogens is 5. The minimum absolute atomic E-state index is 0.216. The third-order valence-electron chi connectivity index (χ3n) is 17.7. The number of epoxide rings is 2. The molecule has 15 rings (SSSR count). The molecule has 0 bridgehead atoms. The number of aliphatic hydroxyl groups excluding tert-OH is 1. The van der Waals surface area contributed by atoms with E-state index < -0.39 is 100 Å². The van der Waals surface area contributed by atoms with Crippen molar-refractivity contribution in [1.29, 1.82) is 0 Å². The van der Waals surface area contributed by atoms with Crippen molar-refractivity contribution in [3.63, 3.8) is 0 Å². The van der Waals surface area contributed by atoms with Crippen LogP contribution in [0.4, 0.5) is 0 Å². The van der Waals surface area contributed by atoms with Gasteiger partial charge in [-0.25, -0.2) is 38.4 Å². The Morgan fingerprint density at radius 1 is 0.307 bits per heavy atom. The molecule has 0 spiro atoms. The van der Waals surface area contributed by atoms with Crippen molar-refractivity contribution in [3.8, 4) is 0 Å². The monoisotopic (exact) mass is 2230 g/mol. The van der Waals surface area contributed by atoms with E-state index in [1.54, 1.807) is 299 Å². The Labute approximate surface area is 904 Å². The Kier molecular flexibility index (Phi) is 85.8. The molecule has 34 nitrogen and oxygen atoms in total. The molecule has 150 heavy (non-hydrogen) atoms. The standard InChI is InChI=1S/2C20H18O6.2C8H8O2.C7H5ClO3.C7H5ClO.C7H6O2.2C4H8O2.5C4H8O.C3H5Br.C2Cl2O2.CH4O/c2*21-19(13-7-3-1-4-8-13)25-15-11-23-18-16(12-24-17(15)18)26-20(22)14-9-5-2-6-10-14;2*1-10-8(9)7-5-3-2-4-6-7;8-6-3-1-2-5(4-6)7(9)11-10;2*8-7(9)6-4-2-1-3-5-6;2*1-5-2-4-3-6-4;5*1-3-4-5-2;1-2-3-4;3-1(5)2(4)6;1-2/h2*1-10,15-18H,11-12H2;2*2-6H,1H3;1-4,10H;1-5H;1-5H,(H,8,9);2*4H,2-3H2,1H3;5*3H,1,4H2,2H3;2H,1,3H2;;2H,1H3. The molecule has 10 atom stereocenters. The average molecular weight is 2230 g/mol. The summed E-state index contributed by atoms with van der Waals surface area (Å²) in [6.07, 6.45) is 7.37. The summed E-state index contributed by atoms with van der Waals surface area (Å²) in [5.41, 5.74) is 4.16. The molecule has 6 heterocycles. The van der Waals surface area contributed by atoms with Gasteiger partial charge in [0.2, 0.25) is 0 Å². The van der Waals surface area contributed by atoms with Crippen molar-refractivity contribution < 1.29 is 163 Å². The van der Waals surface area contributed by atoms with E-state index in [0.29, 0.717) is 94.8 Å². The summed E-state index contributed by atoms with van der Waals surface area (Å²) < 4.78 is 95.9. The van der Waals surface area contributed by atoms with Gasteiger partial charge in [0.25, 0.3) is 5.24 Å². The first-order valence-corrected chi connectivity index (χ1v) is 47.7. The zero-order chi connectivity index (χ0) is 112. The summed E-state index contributed by atoms with van der Waals surface area (Å²) in [4.78, 5) is 124. The second-order valence-electron chi connectivity index (χ2n) is 28.9. The van der Waals surface area contributed by atoms with Crippen LogP contribution in [0.3, 0.4) is 0 Å². The van der Waals surface area contributed by atoms with Crippen molar-refractivity contribution in [1.82, 2.24) is 0 Å². The number of carboxylic acid groups (broad SMARTS) is 1. The van der Waals surface area contributed by atoms with Gasteiger partial charge in [-0.3, -0.25) is 19.3 Å². The molecule has 6 aliphatic heterocycles. The number of hydrogen-bond donors (Lipinski definition) is 3. The first-order valence-electron chi connectivity index (χ1n) is 45.1. The minimum Gasteiger partial charge on any atom is -0.478 e. The highest BCUT2D eigenvalue weighted by molar-refractivity contribution is 9.09. The fourth-order valence-corrected chi connectivity index (χ4v) is 11.2. The van der Waals surface area contributed by atoms with E-state index in [9.17, 15) is 52.7 Å². The third kappa shape index (κ3) is 67.3. The van der Waals surface area contributed by atoms with Crippen LogP contribution in [0.25, 0.3) is 0 Å². The van der Waals surface area contributed by atoms with E-state index in [1.165, 1.54) is 26.4 Å². The minimum atomic E-state index is -1.14. The van der Waals surface area contributed by atoms with Crippen LogP contribution >= 0.6 is 62.3 Å². The molecule has 816 valence electrons. The first-order chi connectivity index (χ1) is 72.5. The highest BCUT2D eigenvalue weighted by atomic mass is 79.9. The maximum Gasteiger partial charge on any atom is 0.372 e. The topological polar surface area (TPSA) is 440 Å². The number of carboxylic acids is 1. The Hall–Kier alpha value is -12.8. The van der Waals surface area contributed by atoms with E-state index >= 15 is 0 Å². The summed E-state index contributed by atoms with van der Waals surface area (Å²) >= 11 is 22.8. The molecule has 0 amide bonds. The van der Waals surface area contributed by atoms with Gasteiger partial charge >= 0.3 is 58.2 Å². The molecule has 0 radical (unpaired) electrons. The van der Waals surface area contributed by atoms with E-state index in [0.717, 1.165) is 38.9 Å². The lowest BCUT2D eigenvalue weighted by molar-refractivity contribution is -0.182. The van der Waals surface area contributed by atoms with Crippen LogP contribution in [0, 0.1) is 0 Å². The second-order valence-corrected chi connectivity index (χ2v) is 31.0. The highest BCUT2D eigenvalue weighted by Gasteiger charge is 2.53. The molecule has 0 aliphatic carbocycles. The zero-order valence-corrected chi connectivity index (χ0v) is 89.8. The van der Waals surface area contributed by atoms with Crippen molar-refractivity contribution >= 4 is 126 Å². The number of benzene rings is 9. The van der Waals surface area contributed by atoms with Crippen LogP contribution in [0.2, 0.25) is 5.02 Å². The van der Waals surface area contributed by atoms with Gasteiger partial charge in [0.15, 0.2) is 24.4 Å². The molecule has 6 saturated heterocycles. The Balaban J connectivity index is 0. The van der Waals surface area contributed by atoms with Crippen LogP contribution in [0.5, 0.6) is 0 Å². The van der Waals surface area contributed by atoms with Gasteiger partial charge in [-0.1, -0.05) is 228 Å². The Bertz CT molecular complexity index is 4710. The number of esters is 6. The zero-order valence-electron chi connectivity index (χ0n) is 85.2. The molecule has 9 aromatic carbocycles. The number of aliphatic hydroxyl groups is 1. The number of fused-ring (bicyclic) bond motifs is 2. The van der Waals surface area contributed by atoms with Gasteiger partial charge in [-0.15, -0.1) is 39.5 Å². The fourth-order valence-electron chi connectivity index (χ4n) is 10.9. The largest absolute Gasteiger partial charge is 0.478 e. The molecule has 0 saturated carbocycles. The van der Waals surface area contributed by atoms with E-state index in [4.69, 9.17) is 95.5 Å². The summed E-state index contributed by atoms with van der Waals surface area (Å²) in [6, 6.07) is 75.9. The van der Waals surface area contributed by atoms with E-state index in [-0.39, 0.29) is 43.9 Å². The van der Waals surface area contributed by atoms with Gasteiger partial charge < -0.3 is 100 Å². The summed E-state index contributed by atoms with van der Waals surface area (Å²) in [5.74, 6) is -3.97. The summed E-state index contributed by atoms with van der Waals surface area (Å²) in [6.45, 7) is 28.0. The van der Waals surface area contributed by atoms with Crippen LogP contribution in [-0.4, -0.2) is 302 Å². The third-order valence-corrected chi connectivity index (χ3v) is 19.1. The Morgan fingerprint density at radius 2 is 0.520 bits per heavy atom. The quantitative estimate of drug-likeness (QED) is 0.00451. The predicted octanol–water partition coefficient (Wildman–Crippen LogP) is 18.7. The van der Waals surface area contributed by atoms with Gasteiger partial charge in [0, 0.05) is 72.8 Å². The van der Waals surface area contributed by atoms with E-state index in [2.05, 4.69) is 117 Å². The lowest BCUT2D eigenvalue weighted by Gasteiger charge is -2.17. The SMILES string of the molecule is C=CCBr.C=CCOC.C=CCOC.C=CCOC.C=CCOC.C=CCOC.CO.COC(=O)c1ccccc1.COC(=O)c1ccccc1.COCC1CO1.COCC1CO1.O=C(Cl)C(=O)Cl.O=C(Cl)c1ccccc1.O=C(O)c1ccccc1.O=C(OC1COC2C(OC(=O)c3ccccc3)COC12)c1ccccc1.O=C(OC1COC2C(OC(=O)c3ccccc3)COC12)c1ccccc1.O=C(OO)c1cccc(Cl)c1. The molecule has 6 aliphatic rings. The molecule has 0 aromatic heterocycles. The van der Waals surface area contributed by atoms with Crippen molar-refractivity contribution in [2.24, 2.45) is 0 Å². The van der Waals surface area contributed by atoms with Crippen molar-refractivity contribution in [3.05, 3.63) is 398 Å². The second kappa shape index (κ2) is 92.4. The molecule has 3 N–H and O–H groups in total. The molecule has 9 aromatic rings. The average Bonchev–Trinajstić information content (AvgIpc) is 1.65. The number of hydrogen-bond acceptors (Lipinski definition) is 33. The van der Waals surface area contributed by atoms with Crippen LogP contribution in [-0.2, 0) is 104 Å². The molecule has 10 unspecified atom stereocenters. The van der Waals surface area contributed by atoms with Crippen LogP contribution in [0.15, 0.2) is 343 Å². The van der Waals surface area contributed by atoms with Gasteiger partial charge in [-0.05, 0) is 138 Å². The number of methoxy groups -OCH3 is 9. The maximum absolute atomic E-state index is 12.2. The maximum atomic E-state index is 12.2. The van der Waals surface area contributed by atoms with Crippen LogP contribution in [0.1, 0.15) is 93.2 Å². The fraction of sp³-hybridized carbons (Fsp3) is 0.306. The molecular formula is C111H133BrCl4O34. The number of carbonyl (C=O) groups excluding carboxylic acids is 10. The van der Waals surface area contributed by atoms with E-state index in [1.807, 2.05) is 42.5 Å². The summed E-state index contributed by atoms with van der Waals surface area (Å²) in [5, 5.41) is 22.0. The lowest BCUT2D eigenvalue weighted by atomic mass is 10.1. The van der Waals surface area contributed by atoms with Crippen LogP contribution < -0.4 is 0 Å². The molecule has 39 heteroatoms. The molecule has 6 fully saturated rings. The van der Waals surface area contributed by atoms with Gasteiger partial charge in [0.05, 0.1) is 145 Å². The first kappa shape index (κ1) is 139. The highest BCUT2D eigenvalue weighted by Crippen LogP contribution is 2.33. The number of allylic oxidation sites excluding steroid dienone is 1. The molecular weight excluding hydrogens is 2100 g/mol. The van der Waals surface area contributed by atoms with Crippen molar-refractivity contribution in [2.75, 3.05) is 162 Å². The smallest absolute Gasteiger partial charge is 0.372 e. The number of ether oxygens (including phenoxy) is 19. The van der Waals surface area contributed by atoms with Gasteiger partial charge in [-0.2, -0.15) is 5.26 Å².